The van der Waals surface area contributed by atoms with Crippen LogP contribution in [-0.4, -0.2) is 47.0 Å². The number of amides is 3. The van der Waals surface area contributed by atoms with Crippen molar-refractivity contribution in [1.29, 1.82) is 0 Å². The van der Waals surface area contributed by atoms with E-state index in [0.29, 0.717) is 41.3 Å². The fourth-order valence-corrected chi connectivity index (χ4v) is 6.59. The summed E-state index contributed by atoms with van der Waals surface area (Å²) in [5.41, 5.74) is 1.85. The average Bonchev–Trinajstić information content (AvgIpc) is 3.37. The van der Waals surface area contributed by atoms with E-state index in [1.54, 1.807) is 61.4 Å². The molecule has 0 spiro atoms. The zero-order valence-electron chi connectivity index (χ0n) is 20.4. The highest BCUT2D eigenvalue weighted by Gasteiger charge is 2.52. The van der Waals surface area contributed by atoms with Crippen molar-refractivity contribution in [3.63, 3.8) is 0 Å². The van der Waals surface area contributed by atoms with E-state index in [1.807, 2.05) is 0 Å². The summed E-state index contributed by atoms with van der Waals surface area (Å²) >= 11 is 7.22. The number of halogens is 2. The Morgan fingerprint density at radius 1 is 0.919 bits per heavy atom. The number of imide groups is 1. The number of esters is 1. The highest BCUT2D eigenvalue weighted by atomic mass is 79.9. The van der Waals surface area contributed by atoms with Gasteiger partial charge in [0.05, 0.1) is 30.6 Å². The van der Waals surface area contributed by atoms with Crippen molar-refractivity contribution in [2.45, 2.75) is 35.8 Å². The lowest BCUT2D eigenvalue weighted by Gasteiger charge is -2.29. The highest BCUT2D eigenvalue weighted by molar-refractivity contribution is 9.12. The first-order chi connectivity index (χ1) is 17.7. The van der Waals surface area contributed by atoms with Crippen LogP contribution in [0.4, 0.5) is 11.4 Å². The molecule has 10 heteroatoms. The molecule has 0 aromatic heterocycles. The molecule has 2 aliphatic heterocycles. The molecule has 3 aliphatic rings. The summed E-state index contributed by atoms with van der Waals surface area (Å²) in [6.07, 6.45) is 1.26. The maximum Gasteiger partial charge on any atom is 0.316 e. The molecule has 3 amide bonds. The van der Waals surface area contributed by atoms with Crippen LogP contribution < -0.4 is 19.3 Å². The summed E-state index contributed by atoms with van der Waals surface area (Å²) in [5.74, 6) is -1.31. The van der Waals surface area contributed by atoms with E-state index >= 15 is 0 Å². The van der Waals surface area contributed by atoms with Gasteiger partial charge in [0.15, 0.2) is 0 Å². The molecular weight excluding hydrogens is 608 g/mol. The molecule has 3 fully saturated rings. The molecule has 2 heterocycles. The van der Waals surface area contributed by atoms with Crippen molar-refractivity contribution in [2.75, 3.05) is 23.5 Å². The molecule has 2 aromatic rings. The van der Waals surface area contributed by atoms with Crippen LogP contribution in [0.1, 0.15) is 24.8 Å². The Morgan fingerprint density at radius 2 is 1.51 bits per heavy atom. The Morgan fingerprint density at radius 3 is 2.08 bits per heavy atom. The lowest BCUT2D eigenvalue weighted by molar-refractivity contribution is -0.139. The molecule has 0 bridgehead atoms. The monoisotopic (exact) mass is 632 g/mol. The normalized spacial score (nSPS) is 27.5. The molecular formula is C27H26Br2N2O6. The van der Waals surface area contributed by atoms with Crippen LogP contribution in [0.5, 0.6) is 11.5 Å². The van der Waals surface area contributed by atoms with E-state index in [0.717, 1.165) is 0 Å². The fraction of sp³-hybridized carbons (Fsp3) is 0.407. The minimum atomic E-state index is -0.603. The van der Waals surface area contributed by atoms with Gasteiger partial charge in [0, 0.05) is 28.3 Å². The third kappa shape index (κ3) is 4.81. The Kier molecular flexibility index (Phi) is 7.15. The molecule has 194 valence electrons. The van der Waals surface area contributed by atoms with Crippen LogP contribution in [0.15, 0.2) is 42.5 Å². The van der Waals surface area contributed by atoms with Crippen molar-refractivity contribution in [3.8, 4) is 11.5 Å². The molecule has 2 aromatic carbocycles. The predicted octanol–water partition coefficient (Wildman–Crippen LogP) is 4.39. The van der Waals surface area contributed by atoms with Crippen molar-refractivity contribution in [3.05, 3.63) is 48.0 Å². The lowest BCUT2D eigenvalue weighted by atomic mass is 9.81. The van der Waals surface area contributed by atoms with Crippen LogP contribution >= 0.6 is 31.9 Å². The number of alkyl halides is 2. The maximum absolute atomic E-state index is 13.1. The summed E-state index contributed by atoms with van der Waals surface area (Å²) in [5, 5.41) is 0. The minimum absolute atomic E-state index is 0.0601. The molecule has 5 atom stereocenters. The number of rotatable bonds is 5. The van der Waals surface area contributed by atoms with E-state index < -0.39 is 11.9 Å². The number of nitrogens with zero attached hydrogens (tertiary/aromatic N) is 2. The zero-order valence-corrected chi connectivity index (χ0v) is 23.5. The van der Waals surface area contributed by atoms with E-state index in [2.05, 4.69) is 31.9 Å². The first kappa shape index (κ1) is 25.9. The van der Waals surface area contributed by atoms with Gasteiger partial charge in [-0.25, -0.2) is 4.90 Å². The Hall–Kier alpha value is -2.72. The summed E-state index contributed by atoms with van der Waals surface area (Å²) in [7, 11) is 1.57. The zero-order chi connectivity index (χ0) is 26.4. The molecule has 0 N–H and O–H groups in total. The first-order valence-electron chi connectivity index (χ1n) is 12.1. The molecule has 0 radical (unpaired) electrons. The number of methoxy groups -OCH3 is 1. The smallest absolute Gasteiger partial charge is 0.316 e. The first-order valence-corrected chi connectivity index (χ1v) is 13.9. The van der Waals surface area contributed by atoms with Gasteiger partial charge in [-0.2, -0.15) is 0 Å². The molecule has 37 heavy (non-hydrogen) atoms. The number of carbonyl (C=O) groups is 4. The van der Waals surface area contributed by atoms with E-state index in [1.165, 1.54) is 4.90 Å². The quantitative estimate of drug-likeness (QED) is 0.210. The predicted molar refractivity (Wildman–Crippen MR) is 144 cm³/mol. The molecule has 2 saturated heterocycles. The van der Waals surface area contributed by atoms with Gasteiger partial charge in [-0.15, -0.1) is 0 Å². The second kappa shape index (κ2) is 10.2. The van der Waals surface area contributed by atoms with Gasteiger partial charge in [0.25, 0.3) is 0 Å². The van der Waals surface area contributed by atoms with Crippen molar-refractivity contribution in [2.24, 2.45) is 17.8 Å². The number of benzene rings is 2. The van der Waals surface area contributed by atoms with Gasteiger partial charge >= 0.3 is 5.97 Å². The number of ether oxygens (including phenoxy) is 2. The standard InChI is InChI=1S/C27H26Br2N2O6/c1-14-9-18(7-8-23(14)31-25(33)19-11-21(28)22(29)12-20(19)26(31)34)37-27(35)15-10-24(32)30(13-15)16-3-5-17(36-2)6-4-16/h3-9,15,19-22H,10-13H2,1-2H3/t15-,19-,20+,21+,22+/m1/s1. The number of aryl methyl sites for hydroxylation is 1. The largest absolute Gasteiger partial charge is 0.497 e. The van der Waals surface area contributed by atoms with Crippen molar-refractivity contribution in [1.82, 2.24) is 0 Å². The van der Waals surface area contributed by atoms with Crippen LogP contribution in [0.3, 0.4) is 0 Å². The lowest BCUT2D eigenvalue weighted by Crippen LogP contribution is -2.34. The van der Waals surface area contributed by atoms with Gasteiger partial charge in [0.1, 0.15) is 11.5 Å². The summed E-state index contributed by atoms with van der Waals surface area (Å²) in [4.78, 5) is 54.9. The van der Waals surface area contributed by atoms with Crippen LogP contribution in [-0.2, 0) is 19.2 Å². The summed E-state index contributed by atoms with van der Waals surface area (Å²) in [6, 6.07) is 12.0. The summed E-state index contributed by atoms with van der Waals surface area (Å²) in [6.45, 7) is 2.00. The SMILES string of the molecule is COc1ccc(N2C[C@H](C(=O)Oc3ccc(N4C(=O)[C@H]5C[C@H](Br)[C@@H](Br)C[C@H]5C4=O)c(C)c3)CC2=O)cc1. The van der Waals surface area contributed by atoms with E-state index in [-0.39, 0.29) is 52.2 Å². The number of carbonyl (C=O) groups excluding carboxylic acids is 4. The van der Waals surface area contributed by atoms with Crippen molar-refractivity contribution < 1.29 is 28.7 Å². The van der Waals surface area contributed by atoms with Gasteiger partial charge in [-0.3, -0.25) is 19.2 Å². The molecule has 8 nitrogen and oxygen atoms in total. The second-order valence-corrected chi connectivity index (χ2v) is 12.1. The van der Waals surface area contributed by atoms with Crippen LogP contribution in [0, 0.1) is 24.7 Å². The van der Waals surface area contributed by atoms with Gasteiger partial charge in [-0.1, -0.05) is 31.9 Å². The van der Waals surface area contributed by atoms with E-state index in [9.17, 15) is 19.2 Å². The van der Waals surface area contributed by atoms with Gasteiger partial charge in [0.2, 0.25) is 17.7 Å². The Balaban J connectivity index is 1.27. The maximum atomic E-state index is 13.1. The van der Waals surface area contributed by atoms with Gasteiger partial charge in [-0.05, 0) is 67.8 Å². The van der Waals surface area contributed by atoms with Crippen LogP contribution in [0.25, 0.3) is 0 Å². The molecule has 0 unspecified atom stereocenters. The number of hydrogen-bond donors (Lipinski definition) is 0. The van der Waals surface area contributed by atoms with Crippen molar-refractivity contribution >= 4 is 66.9 Å². The Labute approximate surface area is 231 Å². The number of hydrogen-bond acceptors (Lipinski definition) is 6. The third-order valence-electron chi connectivity index (χ3n) is 7.38. The van der Waals surface area contributed by atoms with Crippen LogP contribution in [0.2, 0.25) is 0 Å². The topological polar surface area (TPSA) is 93.2 Å². The number of anilines is 2. The second-order valence-electron chi connectivity index (χ2n) is 9.70. The highest BCUT2D eigenvalue weighted by Crippen LogP contribution is 2.45. The Bertz CT molecular complexity index is 1240. The summed E-state index contributed by atoms with van der Waals surface area (Å²) < 4.78 is 10.8. The average molecular weight is 634 g/mol. The third-order valence-corrected chi connectivity index (χ3v) is 10.1. The molecule has 1 aliphatic carbocycles. The molecule has 1 saturated carbocycles. The van der Waals surface area contributed by atoms with E-state index in [4.69, 9.17) is 9.47 Å². The van der Waals surface area contributed by atoms with Gasteiger partial charge < -0.3 is 14.4 Å². The fourth-order valence-electron chi connectivity index (χ4n) is 5.35. The minimum Gasteiger partial charge on any atom is -0.497 e. The number of fused-ring (bicyclic) bond motifs is 1. The molecule has 5 rings (SSSR count).